The van der Waals surface area contributed by atoms with E-state index in [2.05, 4.69) is 67.1 Å². The second-order valence-electron chi connectivity index (χ2n) is 13.3. The van der Waals surface area contributed by atoms with Crippen molar-refractivity contribution in [2.75, 3.05) is 14.7 Å². The maximum absolute atomic E-state index is 8.64. The van der Waals surface area contributed by atoms with Gasteiger partial charge in [0.1, 0.15) is 5.82 Å². The van der Waals surface area contributed by atoms with Crippen LogP contribution in [0.25, 0.3) is 22.3 Å². The Bertz CT molecular complexity index is 2670. The topological polar surface area (TPSA) is 44.7 Å². The Labute approximate surface area is 326 Å². The average Bonchev–Trinajstić information content (AvgIpc) is 3.53. The zero-order chi connectivity index (χ0) is 38.9. The zero-order valence-electron chi connectivity index (χ0n) is 33.5. The minimum Gasteiger partial charge on any atom is -0.509 e. The molecule has 2 aliphatic rings. The molecular weight excluding hydrogens is 822 g/mol. The summed E-state index contributed by atoms with van der Waals surface area (Å²) in [5.41, 5.74) is 8.83. The summed E-state index contributed by atoms with van der Waals surface area (Å²) >= 11 is 0. The third kappa shape index (κ3) is 5.93. The fourth-order valence-corrected chi connectivity index (χ4v) is 6.63. The summed E-state index contributed by atoms with van der Waals surface area (Å²) in [5, 5.41) is 0. The number of para-hydroxylation sites is 3. The minimum atomic E-state index is -0.441. The Morgan fingerprint density at radius 1 is 0.692 bits per heavy atom. The van der Waals surface area contributed by atoms with E-state index in [0.717, 1.165) is 50.7 Å². The third-order valence-corrected chi connectivity index (χ3v) is 9.10. The molecule has 2 aromatic heterocycles. The van der Waals surface area contributed by atoms with Gasteiger partial charge >= 0.3 is 0 Å². The van der Waals surface area contributed by atoms with Crippen molar-refractivity contribution in [2.45, 2.75) is 26.2 Å². The average molecular weight is 861 g/mol. The smallest absolute Gasteiger partial charge is 0.135 e. The van der Waals surface area contributed by atoms with Crippen molar-refractivity contribution in [3.8, 4) is 33.8 Å². The monoisotopic (exact) mass is 860 g/mol. The summed E-state index contributed by atoms with van der Waals surface area (Å²) in [7, 11) is 0. The second-order valence-corrected chi connectivity index (χ2v) is 13.3. The Balaban J connectivity index is 0.00000455. The van der Waals surface area contributed by atoms with E-state index in [4.69, 9.17) is 16.6 Å². The van der Waals surface area contributed by atoms with Gasteiger partial charge in [0.2, 0.25) is 0 Å². The van der Waals surface area contributed by atoms with Gasteiger partial charge in [-0.05, 0) is 59.0 Å². The van der Waals surface area contributed by atoms with Gasteiger partial charge in [-0.1, -0.05) is 86.5 Å². The van der Waals surface area contributed by atoms with Crippen molar-refractivity contribution in [2.24, 2.45) is 0 Å². The molecule has 6 nitrogen and oxygen atoms in total. The predicted octanol–water partition coefficient (Wildman–Crippen LogP) is 11.7. The molecule has 9 rings (SSSR count). The van der Waals surface area contributed by atoms with Gasteiger partial charge in [-0.2, -0.15) is 12.1 Å². The number of benzene rings is 5. The van der Waals surface area contributed by atoms with Crippen LogP contribution in [0.4, 0.5) is 39.9 Å². The van der Waals surface area contributed by atoms with Crippen molar-refractivity contribution in [1.29, 1.82) is 0 Å². The number of nitrogens with zero attached hydrogens (tertiary/aromatic N) is 5. The van der Waals surface area contributed by atoms with Gasteiger partial charge in [0.25, 0.3) is 0 Å². The fourth-order valence-electron chi connectivity index (χ4n) is 6.63. The molecular formula is C45H34N5OPt-3. The number of rotatable bonds is 5. The molecule has 0 saturated carbocycles. The molecule has 4 heterocycles. The first kappa shape index (κ1) is 27.9. The number of fused-ring (bicyclic) bond motifs is 6. The fraction of sp³-hybridized carbons (Fsp3) is 0.0889. The number of aromatic nitrogens is 2. The second kappa shape index (κ2) is 13.4. The molecule has 7 heteroatoms. The van der Waals surface area contributed by atoms with E-state index < -0.39 is 18.1 Å². The Morgan fingerprint density at radius 2 is 1.42 bits per heavy atom. The minimum absolute atomic E-state index is 0. The summed E-state index contributed by atoms with van der Waals surface area (Å²) in [5.74, 6) is 1.65. The van der Waals surface area contributed by atoms with Crippen LogP contribution < -0.4 is 19.4 Å². The number of anilines is 7. The predicted molar refractivity (Wildman–Crippen MR) is 205 cm³/mol. The standard InChI is InChI=1S/C45H34N5O.Pt/c1-45(2,3)31-22-25-47-44(26-31)50-40-23-24-46-29-39(40)37-17-8-7-16-36(37)38-21-20-35(28-43(38)50)51-34-15-11-14-33(27-34)49-30-48(32-12-5-4-6-13-32)41-18-9-10-19-42(41)49;/h4-26,29-30H,1-3H3;/q-3;/i4D,5D,6D,12D,13D;. The van der Waals surface area contributed by atoms with E-state index in [0.29, 0.717) is 22.9 Å². The van der Waals surface area contributed by atoms with Crippen LogP contribution in [0, 0.1) is 18.8 Å². The van der Waals surface area contributed by atoms with Crippen LogP contribution in [0.2, 0.25) is 0 Å². The summed E-state index contributed by atoms with van der Waals surface area (Å²) in [6.45, 7) is 8.27. The van der Waals surface area contributed by atoms with Gasteiger partial charge in [-0.15, -0.1) is 48.3 Å². The first-order valence-electron chi connectivity index (χ1n) is 19.2. The number of hydrogen-bond donors (Lipinski definition) is 0. The maximum atomic E-state index is 8.64. The maximum Gasteiger partial charge on any atom is 0.135 e. The van der Waals surface area contributed by atoms with Crippen LogP contribution in [0.3, 0.4) is 0 Å². The van der Waals surface area contributed by atoms with Crippen molar-refractivity contribution in [3.05, 3.63) is 170 Å². The molecule has 7 aromatic rings. The van der Waals surface area contributed by atoms with Crippen LogP contribution in [0.1, 0.15) is 33.2 Å². The van der Waals surface area contributed by atoms with E-state index in [1.165, 1.54) is 0 Å². The van der Waals surface area contributed by atoms with Gasteiger partial charge in [-0.3, -0.25) is 4.98 Å². The number of hydrogen-bond acceptors (Lipinski definition) is 6. The molecule has 0 fully saturated rings. The van der Waals surface area contributed by atoms with Crippen molar-refractivity contribution in [1.82, 2.24) is 9.97 Å². The normalized spacial score (nSPS) is 14.3. The molecule has 0 unspecified atom stereocenters. The number of pyridine rings is 2. The zero-order valence-corrected chi connectivity index (χ0v) is 30.8. The number of ether oxygens (including phenoxy) is 1. The third-order valence-electron chi connectivity index (χ3n) is 9.10. The Morgan fingerprint density at radius 3 is 2.21 bits per heavy atom. The van der Waals surface area contributed by atoms with E-state index in [1.807, 2.05) is 90.1 Å². The van der Waals surface area contributed by atoms with E-state index >= 15 is 0 Å². The van der Waals surface area contributed by atoms with Crippen molar-refractivity contribution >= 4 is 39.9 Å². The van der Waals surface area contributed by atoms with Gasteiger partial charge in [0.05, 0.1) is 12.5 Å². The molecule has 52 heavy (non-hydrogen) atoms. The van der Waals surface area contributed by atoms with Crippen LogP contribution in [0.15, 0.2) is 146 Å². The van der Waals surface area contributed by atoms with Crippen LogP contribution in [-0.4, -0.2) is 9.97 Å². The van der Waals surface area contributed by atoms with Crippen molar-refractivity contribution in [3.63, 3.8) is 0 Å². The summed E-state index contributed by atoms with van der Waals surface area (Å²) in [4.78, 5) is 15.0. The molecule has 258 valence electrons. The molecule has 0 radical (unpaired) electrons. The molecule has 0 atom stereocenters. The largest absolute Gasteiger partial charge is 0.509 e. The molecule has 2 aliphatic heterocycles. The van der Waals surface area contributed by atoms with Crippen LogP contribution in [-0.2, 0) is 26.5 Å². The van der Waals surface area contributed by atoms with Gasteiger partial charge < -0.3 is 19.4 Å². The molecule has 5 aromatic carbocycles. The van der Waals surface area contributed by atoms with E-state index in [1.54, 1.807) is 17.8 Å². The van der Waals surface area contributed by atoms with Gasteiger partial charge in [0.15, 0.2) is 0 Å². The first-order valence-corrected chi connectivity index (χ1v) is 16.7. The van der Waals surface area contributed by atoms with E-state index in [9.17, 15) is 0 Å². The Hall–Kier alpha value is -5.71. The van der Waals surface area contributed by atoms with Gasteiger partial charge in [0, 0.05) is 73.8 Å². The molecule has 0 N–H and O–H groups in total. The molecule has 0 amide bonds. The summed E-state index contributed by atoms with van der Waals surface area (Å²) < 4.78 is 48.5. The molecule has 0 bridgehead atoms. The van der Waals surface area contributed by atoms with Gasteiger partial charge in [-0.25, -0.2) is 4.98 Å². The summed E-state index contributed by atoms with van der Waals surface area (Å²) in [6.07, 6.45) is 5.53. The quantitative estimate of drug-likeness (QED) is 0.161. The van der Waals surface area contributed by atoms with Crippen LogP contribution >= 0.6 is 0 Å². The van der Waals surface area contributed by atoms with Crippen LogP contribution in [0.5, 0.6) is 11.5 Å². The molecule has 0 aliphatic carbocycles. The summed E-state index contributed by atoms with van der Waals surface area (Å²) in [6, 6.07) is 36.6. The van der Waals surface area contributed by atoms with E-state index in [-0.39, 0.29) is 44.3 Å². The van der Waals surface area contributed by atoms with Crippen molar-refractivity contribution < 1.29 is 32.7 Å². The first-order chi connectivity index (χ1) is 27.0. The molecule has 0 spiro atoms. The Kier molecular flexibility index (Phi) is 7.22. The SMILES string of the molecule is [2H]c1c([2H])c([2H])c(N2[CH-]N(c3[c-]c(Oc4[c-]c5c(cc4)-c4ccccc4-c4cnccc4N5c4cc(C(C)(C)C)ccn4)ccc3)c3ccccc32)c([2H])c1[2H].[Pt]. The molecule has 0 saturated heterocycles.